The van der Waals surface area contributed by atoms with Crippen LogP contribution in [0.25, 0.3) is 132 Å². The van der Waals surface area contributed by atoms with Crippen molar-refractivity contribution in [2.24, 2.45) is 0 Å². The number of fused-ring (bicyclic) bond motifs is 15. The van der Waals surface area contributed by atoms with Crippen LogP contribution in [0.1, 0.15) is 0 Å². The first-order valence-electron chi connectivity index (χ1n) is 20.7. The quantitative estimate of drug-likeness (QED) is 0.179. The molecule has 0 N–H and O–H groups in total. The zero-order valence-corrected chi connectivity index (χ0v) is 32.7. The molecule has 14 aromatic rings. The average Bonchev–Trinajstić information content (AvgIpc) is 4.07. The SMILES string of the molecule is c1ccc(-c2ccc(-c3nc(-c4ccc(-n5c6ccccc6c6cc7c8ccccc8n8c9c%10ccccc%10ccc9c(c65)c78)cc4)nc4c3oc3ccccc34)cc2)cc1. The molecule has 0 bridgehead atoms. The number of nitrogens with zero attached hydrogens (tertiary/aromatic N) is 4. The van der Waals surface area contributed by atoms with E-state index < -0.39 is 0 Å². The summed E-state index contributed by atoms with van der Waals surface area (Å²) in [4.78, 5) is 10.5. The van der Waals surface area contributed by atoms with E-state index >= 15 is 0 Å². The van der Waals surface area contributed by atoms with Crippen LogP contribution in [-0.4, -0.2) is 18.9 Å². The molecule has 0 fully saturated rings. The summed E-state index contributed by atoms with van der Waals surface area (Å²) in [6.07, 6.45) is 0. The van der Waals surface area contributed by atoms with Gasteiger partial charge in [0.05, 0.1) is 27.6 Å². The maximum atomic E-state index is 6.49. The molecule has 0 radical (unpaired) electrons. The summed E-state index contributed by atoms with van der Waals surface area (Å²) in [5.41, 5.74) is 14.5. The zero-order valence-electron chi connectivity index (χ0n) is 32.7. The smallest absolute Gasteiger partial charge is 0.180 e. The van der Waals surface area contributed by atoms with Gasteiger partial charge in [0.2, 0.25) is 0 Å². The van der Waals surface area contributed by atoms with Crippen molar-refractivity contribution < 1.29 is 4.42 Å². The number of hydrogen-bond acceptors (Lipinski definition) is 3. The Hall–Kier alpha value is -8.28. The van der Waals surface area contributed by atoms with Crippen molar-refractivity contribution in [3.63, 3.8) is 0 Å². The van der Waals surface area contributed by atoms with Crippen LogP contribution >= 0.6 is 0 Å². The lowest BCUT2D eigenvalue weighted by molar-refractivity contribution is 0.667. The van der Waals surface area contributed by atoms with Gasteiger partial charge in [-0.15, -0.1) is 0 Å². The minimum absolute atomic E-state index is 0.653. The normalized spacial score (nSPS) is 12.3. The number of para-hydroxylation sites is 3. The third-order valence-electron chi connectivity index (χ3n) is 12.9. The highest BCUT2D eigenvalue weighted by molar-refractivity contribution is 6.36. The molecule has 5 nitrogen and oxygen atoms in total. The lowest BCUT2D eigenvalue weighted by atomic mass is 10.0. The summed E-state index contributed by atoms with van der Waals surface area (Å²) < 4.78 is 11.5. The Morgan fingerprint density at radius 1 is 0.393 bits per heavy atom. The number of benzene rings is 9. The molecule has 0 aliphatic heterocycles. The van der Waals surface area contributed by atoms with Gasteiger partial charge in [-0.05, 0) is 71.1 Å². The van der Waals surface area contributed by atoms with E-state index in [-0.39, 0.29) is 0 Å². The van der Waals surface area contributed by atoms with E-state index in [1.807, 2.05) is 24.3 Å². The molecule has 9 aromatic carbocycles. The molecule has 0 aliphatic rings. The molecule has 0 atom stereocenters. The molecule has 0 aliphatic carbocycles. The third-order valence-corrected chi connectivity index (χ3v) is 12.9. The first kappa shape index (κ1) is 32.7. The van der Waals surface area contributed by atoms with E-state index in [1.165, 1.54) is 76.2 Å². The second-order valence-electron chi connectivity index (χ2n) is 16.1. The van der Waals surface area contributed by atoms with Gasteiger partial charge in [0, 0.05) is 59.9 Å². The predicted octanol–water partition coefficient (Wildman–Crippen LogP) is 14.8. The van der Waals surface area contributed by atoms with Gasteiger partial charge in [0.15, 0.2) is 11.4 Å². The lowest BCUT2D eigenvalue weighted by Crippen LogP contribution is -1.96. The van der Waals surface area contributed by atoms with E-state index in [4.69, 9.17) is 14.4 Å². The fraction of sp³-hybridized carbons (Fsp3) is 0. The summed E-state index contributed by atoms with van der Waals surface area (Å²) in [6.45, 7) is 0. The second-order valence-corrected chi connectivity index (χ2v) is 16.1. The van der Waals surface area contributed by atoms with Crippen molar-refractivity contribution in [1.29, 1.82) is 0 Å². The molecule has 0 unspecified atom stereocenters. The molecular weight excluding hydrogens is 745 g/mol. The van der Waals surface area contributed by atoms with Crippen LogP contribution in [-0.2, 0) is 0 Å². The van der Waals surface area contributed by atoms with Crippen LogP contribution < -0.4 is 0 Å². The molecule has 0 amide bonds. The number of aromatic nitrogens is 4. The summed E-state index contributed by atoms with van der Waals surface area (Å²) >= 11 is 0. The van der Waals surface area contributed by atoms with E-state index in [0.717, 1.165) is 44.6 Å². The van der Waals surface area contributed by atoms with Crippen molar-refractivity contribution in [3.05, 3.63) is 194 Å². The molecule has 282 valence electrons. The van der Waals surface area contributed by atoms with Crippen molar-refractivity contribution in [2.75, 3.05) is 0 Å². The van der Waals surface area contributed by atoms with Crippen LogP contribution in [0.3, 0.4) is 0 Å². The van der Waals surface area contributed by atoms with Gasteiger partial charge >= 0.3 is 0 Å². The van der Waals surface area contributed by atoms with Crippen LogP contribution in [0.2, 0.25) is 0 Å². The highest BCUT2D eigenvalue weighted by Gasteiger charge is 2.25. The number of rotatable bonds is 4. The van der Waals surface area contributed by atoms with Crippen molar-refractivity contribution >= 4 is 92.7 Å². The Kier molecular flexibility index (Phi) is 6.49. The van der Waals surface area contributed by atoms with E-state index in [1.54, 1.807) is 0 Å². The van der Waals surface area contributed by atoms with Gasteiger partial charge in [-0.25, -0.2) is 9.97 Å². The summed E-state index contributed by atoms with van der Waals surface area (Å²) in [5.74, 6) is 0.653. The number of furan rings is 1. The Bertz CT molecular complexity index is 4080. The maximum absolute atomic E-state index is 6.49. The predicted molar refractivity (Wildman–Crippen MR) is 252 cm³/mol. The standard InChI is InChI=1S/C56H32N4O/c1-2-12-33(13-3-1)34-22-24-36(25-23-34)50-55-51(42-18-8-11-21-48(42)61-55)58-56(57-50)37-26-29-38(30-27-37)59-46-19-9-6-16-40(46)44-32-45-41-17-7-10-20-47(41)60-52-39-15-5-4-14-35(39)28-31-43(52)49(53(44)59)54(45)60/h1-32H. The molecule has 5 heterocycles. The van der Waals surface area contributed by atoms with Gasteiger partial charge < -0.3 is 13.4 Å². The van der Waals surface area contributed by atoms with Crippen LogP contribution in [0, 0.1) is 0 Å². The topological polar surface area (TPSA) is 48.3 Å². The van der Waals surface area contributed by atoms with Gasteiger partial charge in [-0.3, -0.25) is 0 Å². The van der Waals surface area contributed by atoms with Crippen molar-refractivity contribution in [3.8, 4) is 39.5 Å². The average molecular weight is 777 g/mol. The molecular formula is C56H32N4O. The van der Waals surface area contributed by atoms with E-state index in [0.29, 0.717) is 11.4 Å². The fourth-order valence-corrected chi connectivity index (χ4v) is 10.2. The highest BCUT2D eigenvalue weighted by atomic mass is 16.3. The van der Waals surface area contributed by atoms with Crippen molar-refractivity contribution in [2.45, 2.75) is 0 Å². The lowest BCUT2D eigenvalue weighted by Gasteiger charge is -2.11. The largest absolute Gasteiger partial charge is 0.452 e. The minimum Gasteiger partial charge on any atom is -0.452 e. The van der Waals surface area contributed by atoms with Gasteiger partial charge in [0.1, 0.15) is 16.8 Å². The fourth-order valence-electron chi connectivity index (χ4n) is 10.2. The second kappa shape index (κ2) is 12.1. The molecule has 0 saturated heterocycles. The molecule has 5 aromatic heterocycles. The summed E-state index contributed by atoms with van der Waals surface area (Å²) in [5, 5.41) is 11.0. The molecule has 0 saturated carbocycles. The monoisotopic (exact) mass is 776 g/mol. The van der Waals surface area contributed by atoms with Gasteiger partial charge in [-0.2, -0.15) is 0 Å². The Labute approximate surface area is 348 Å². The van der Waals surface area contributed by atoms with Gasteiger partial charge in [0.25, 0.3) is 0 Å². The Morgan fingerprint density at radius 2 is 1.02 bits per heavy atom. The minimum atomic E-state index is 0.653. The van der Waals surface area contributed by atoms with Crippen LogP contribution in [0.4, 0.5) is 0 Å². The summed E-state index contributed by atoms with van der Waals surface area (Å²) in [7, 11) is 0. The van der Waals surface area contributed by atoms with Crippen LogP contribution in [0.15, 0.2) is 199 Å². The molecule has 14 rings (SSSR count). The Morgan fingerprint density at radius 3 is 1.84 bits per heavy atom. The van der Waals surface area contributed by atoms with E-state index in [9.17, 15) is 0 Å². The molecule has 5 heteroatoms. The molecule has 61 heavy (non-hydrogen) atoms. The number of hydrogen-bond donors (Lipinski definition) is 0. The first-order chi connectivity index (χ1) is 30.3. The third kappa shape index (κ3) is 4.49. The Balaban J connectivity index is 0.999. The zero-order chi connectivity index (χ0) is 39.8. The highest BCUT2D eigenvalue weighted by Crippen LogP contribution is 2.48. The molecule has 0 spiro atoms. The van der Waals surface area contributed by atoms with E-state index in [2.05, 4.69) is 179 Å². The van der Waals surface area contributed by atoms with Crippen molar-refractivity contribution in [1.82, 2.24) is 18.9 Å². The first-order valence-corrected chi connectivity index (χ1v) is 20.7. The van der Waals surface area contributed by atoms with Crippen LogP contribution in [0.5, 0.6) is 0 Å². The summed E-state index contributed by atoms with van der Waals surface area (Å²) in [6, 6.07) is 69.4. The maximum Gasteiger partial charge on any atom is 0.180 e. The van der Waals surface area contributed by atoms with Gasteiger partial charge in [-0.1, -0.05) is 140 Å².